The molecule has 26 nitrogen and oxygen atoms in total. The van der Waals surface area contributed by atoms with Crippen LogP contribution in [0.1, 0.15) is 40.2 Å². The van der Waals surface area contributed by atoms with E-state index in [1.54, 1.807) is 12.1 Å². The summed E-state index contributed by atoms with van der Waals surface area (Å²) in [5, 5.41) is 4.64. The summed E-state index contributed by atoms with van der Waals surface area (Å²) in [5.74, 6) is -5.67. The van der Waals surface area contributed by atoms with Crippen LogP contribution >= 0.6 is 15.5 Å². The van der Waals surface area contributed by atoms with E-state index in [4.69, 9.17) is 46.5 Å². The van der Waals surface area contributed by atoms with Gasteiger partial charge in [0.2, 0.25) is 0 Å². The van der Waals surface area contributed by atoms with E-state index in [9.17, 15) is 47.5 Å². The topological polar surface area (TPSA) is 328 Å². The average molecular weight is 1050 g/mol. The van der Waals surface area contributed by atoms with Gasteiger partial charge in [-0.2, -0.15) is 10.2 Å². The lowest BCUT2D eigenvalue weighted by Gasteiger charge is -2.29. The summed E-state index contributed by atoms with van der Waals surface area (Å²) in [5.41, 5.74) is -9.79. The van der Waals surface area contributed by atoms with Crippen LogP contribution in [0, 0.1) is 0 Å². The highest BCUT2D eigenvalue weighted by Gasteiger charge is 2.60. The van der Waals surface area contributed by atoms with Crippen molar-refractivity contribution in [3.05, 3.63) is 127 Å². The van der Waals surface area contributed by atoms with Crippen LogP contribution in [0.15, 0.2) is 104 Å². The molecule has 2 aromatic heterocycles. The molecule has 3 aliphatic heterocycles. The van der Waals surface area contributed by atoms with Gasteiger partial charge >= 0.3 is 50.7 Å². The zero-order valence-corrected chi connectivity index (χ0v) is 40.0. The zero-order chi connectivity index (χ0) is 52.2. The fourth-order valence-corrected chi connectivity index (χ4v) is 10.5. The van der Waals surface area contributed by atoms with Gasteiger partial charge < -0.3 is 37.5 Å². The number of ether oxygens (including phenoxy) is 6. The lowest BCUT2D eigenvalue weighted by Crippen LogP contribution is -2.47. The summed E-state index contributed by atoms with van der Waals surface area (Å²) < 4.78 is 120. The maximum atomic E-state index is 17.1. The molecular weight excluding hydrogens is 1010 g/mol. The molecule has 388 valence electrons. The summed E-state index contributed by atoms with van der Waals surface area (Å²) >= 11 is 0. The van der Waals surface area contributed by atoms with E-state index in [2.05, 4.69) is 10.2 Å². The Balaban J connectivity index is 1.22. The highest BCUT2D eigenvalue weighted by atomic mass is 31.2. The SMILES string of the molecule is C[C@@H]1N[P@@](=O)(Oc2ccccc2)OC[C@H]2O[C@@H](n3ccc(=O)[nH]c3=O)[C@](C)(F)[C@@H]2OC(=O)COC(=O)[C@H](C)N[P@@](=O)(Oc2ccccc2)OC[C@H]2O[C@@H](n3ccc(=O)[nH]c3=O)[C@](C)(F)[C@@H]2OC(=O)COC1=O. The van der Waals surface area contributed by atoms with Crippen LogP contribution in [-0.4, -0.2) is 117 Å². The number of esters is 4. The second-order valence-electron chi connectivity index (χ2n) is 16.5. The largest absolute Gasteiger partial charge is 0.459 e. The van der Waals surface area contributed by atoms with Crippen molar-refractivity contribution in [2.75, 3.05) is 26.4 Å². The van der Waals surface area contributed by atoms with Gasteiger partial charge in [-0.05, 0) is 52.0 Å². The Morgan fingerprint density at radius 3 is 1.29 bits per heavy atom. The van der Waals surface area contributed by atoms with Gasteiger partial charge in [0, 0.05) is 24.5 Å². The zero-order valence-electron chi connectivity index (χ0n) is 38.2. The molecule has 3 saturated heterocycles. The third-order valence-corrected chi connectivity index (χ3v) is 14.2. The molecule has 0 amide bonds. The number of hydrogen-bond donors (Lipinski definition) is 4. The molecule has 2 aromatic carbocycles. The lowest BCUT2D eigenvalue weighted by molar-refractivity contribution is -0.169. The number of rotatable bonds is 6. The Morgan fingerprint density at radius 2 is 0.944 bits per heavy atom. The number of benzene rings is 2. The van der Waals surface area contributed by atoms with E-state index in [0.29, 0.717) is 9.13 Å². The first-order valence-electron chi connectivity index (χ1n) is 21.5. The Labute approximate surface area is 404 Å². The number of carbonyl (C=O) groups excluding carboxylic acids is 4. The molecule has 12 atom stereocenters. The summed E-state index contributed by atoms with van der Waals surface area (Å²) in [7, 11) is -9.78. The molecule has 0 bridgehead atoms. The molecule has 3 aliphatic rings. The van der Waals surface area contributed by atoms with Gasteiger partial charge in [-0.3, -0.25) is 47.3 Å². The lowest BCUT2D eigenvalue weighted by atomic mass is 9.98. The molecular formula is C42H46F2N6O20P2. The molecule has 0 saturated carbocycles. The summed E-state index contributed by atoms with van der Waals surface area (Å²) in [4.78, 5) is 107. The molecule has 0 unspecified atom stereocenters. The predicted octanol–water partition coefficient (Wildman–Crippen LogP) is 1.63. The number of para-hydroxylation sites is 2. The number of halogens is 2. The molecule has 0 radical (unpaired) electrons. The number of carbonyl (C=O) groups is 4. The van der Waals surface area contributed by atoms with Crippen LogP contribution in [0.25, 0.3) is 0 Å². The molecule has 5 heterocycles. The fourth-order valence-electron chi connectivity index (χ4n) is 7.49. The second kappa shape index (κ2) is 21.6. The van der Waals surface area contributed by atoms with Crippen molar-refractivity contribution in [3.8, 4) is 11.5 Å². The quantitative estimate of drug-likeness (QED) is 0.121. The number of aromatic nitrogens is 4. The minimum atomic E-state index is -4.89. The highest BCUT2D eigenvalue weighted by Crippen LogP contribution is 2.50. The highest BCUT2D eigenvalue weighted by molar-refractivity contribution is 7.52. The summed E-state index contributed by atoms with van der Waals surface area (Å²) in [6.07, 6.45) is -9.94. The van der Waals surface area contributed by atoms with Crippen molar-refractivity contribution in [1.29, 1.82) is 0 Å². The number of nitrogens with one attached hydrogen (secondary N) is 4. The van der Waals surface area contributed by atoms with Crippen molar-refractivity contribution in [3.63, 3.8) is 0 Å². The minimum Gasteiger partial charge on any atom is -0.453 e. The number of fused-ring (bicyclic) bond motifs is 2. The number of hydrogen-bond acceptors (Lipinski definition) is 20. The van der Waals surface area contributed by atoms with E-state index < -0.39 is 149 Å². The molecule has 30 heteroatoms. The standard InChI is InChI=1S/C42H46F2N6O20P2/c1-23-35(55)61-21-31(53)67-34-28(66-38(42(34,4)44)50-18-16-30(52)46-40(50)58)20-64-72(60,70-26-13-9-6-10-14-26)48-24(2)36(56)62-22-32(54)68-33-27(19-63-71(59,47-23)69-25-11-7-5-8-12-25)65-37(41(33,3)43)49-17-15-29(51)45-39(49)57/h5-18,23-24,27-28,33-34,37-38H,19-22H2,1-4H3,(H,47,59)(H,48,60)(H,45,51,57)(H,46,52,58)/t23-,24-,27+,28+,33+,34+,37+,38+,41+,42+,71-,72-/m0/s1. The van der Waals surface area contributed by atoms with E-state index in [0.717, 1.165) is 52.2 Å². The van der Waals surface area contributed by atoms with Gasteiger partial charge in [0.15, 0.2) is 49.2 Å². The maximum absolute atomic E-state index is 17.1. The van der Waals surface area contributed by atoms with Gasteiger partial charge in [-0.1, -0.05) is 36.4 Å². The van der Waals surface area contributed by atoms with Gasteiger partial charge in [-0.25, -0.2) is 37.1 Å². The van der Waals surface area contributed by atoms with E-state index >= 15 is 8.78 Å². The third kappa shape index (κ3) is 12.3. The van der Waals surface area contributed by atoms with Gasteiger partial charge in [0.25, 0.3) is 11.1 Å². The predicted molar refractivity (Wildman–Crippen MR) is 238 cm³/mol. The first-order chi connectivity index (χ1) is 34.0. The van der Waals surface area contributed by atoms with Crippen LogP contribution in [0.4, 0.5) is 8.78 Å². The maximum Gasteiger partial charge on any atom is 0.459 e. The van der Waals surface area contributed by atoms with Crippen molar-refractivity contribution < 1.29 is 83.6 Å². The van der Waals surface area contributed by atoms with Gasteiger partial charge in [-0.15, -0.1) is 0 Å². The number of alkyl halides is 2. The Bertz CT molecular complexity index is 2790. The monoisotopic (exact) mass is 1050 g/mol. The molecule has 72 heavy (non-hydrogen) atoms. The molecule has 0 spiro atoms. The average Bonchev–Trinajstić information content (AvgIpc) is 3.71. The Morgan fingerprint density at radius 1 is 0.583 bits per heavy atom. The number of H-pyrrole nitrogens is 2. The van der Waals surface area contributed by atoms with Gasteiger partial charge in [0.05, 0.1) is 13.2 Å². The van der Waals surface area contributed by atoms with Crippen LogP contribution in [0.2, 0.25) is 0 Å². The van der Waals surface area contributed by atoms with Crippen LogP contribution in [-0.2, 0) is 65.8 Å². The second-order valence-corrected chi connectivity index (χ2v) is 19.9. The fraction of sp³-hybridized carbons (Fsp3) is 0.429. The van der Waals surface area contributed by atoms with E-state index in [1.807, 2.05) is 9.97 Å². The van der Waals surface area contributed by atoms with Crippen molar-refractivity contribution in [2.45, 2.75) is 88.0 Å². The van der Waals surface area contributed by atoms with Crippen molar-refractivity contribution >= 4 is 39.4 Å². The Kier molecular flexibility index (Phi) is 16.0. The smallest absolute Gasteiger partial charge is 0.453 e. The van der Waals surface area contributed by atoms with Gasteiger partial charge in [0.1, 0.15) is 35.8 Å². The Hall–Kier alpha value is -6.64. The van der Waals surface area contributed by atoms with E-state index in [-0.39, 0.29) is 11.5 Å². The van der Waals surface area contributed by atoms with Crippen LogP contribution < -0.4 is 41.7 Å². The molecule has 3 fully saturated rings. The number of aromatic amines is 2. The molecule has 0 aliphatic carbocycles. The molecule has 4 aromatic rings. The molecule has 7 rings (SSSR count). The third-order valence-electron chi connectivity index (χ3n) is 10.9. The summed E-state index contributed by atoms with van der Waals surface area (Å²) in [6.45, 7) is -0.582. The first-order valence-corrected chi connectivity index (χ1v) is 24.6. The van der Waals surface area contributed by atoms with Crippen LogP contribution in [0.3, 0.4) is 0 Å². The normalized spacial score (nSPS) is 33.4. The minimum absolute atomic E-state index is 0.100. The van der Waals surface area contributed by atoms with Crippen LogP contribution in [0.5, 0.6) is 11.5 Å². The molecule has 4 N–H and O–H groups in total. The van der Waals surface area contributed by atoms with Crippen molar-refractivity contribution in [2.24, 2.45) is 0 Å². The van der Waals surface area contributed by atoms with E-state index in [1.165, 1.54) is 48.5 Å². The summed E-state index contributed by atoms with van der Waals surface area (Å²) in [6, 6.07) is 12.8. The first kappa shape index (κ1) is 53.2. The number of nitrogens with zero attached hydrogens (tertiary/aromatic N) is 2. The van der Waals surface area contributed by atoms with Crippen molar-refractivity contribution in [1.82, 2.24) is 29.3 Å². The number of cyclic esters (lactones) is 2.